The molecule has 1 atom stereocenters. The molecular formula is C133H100B4BiFN7P2. The van der Waals surface area contributed by atoms with Crippen LogP contribution in [-0.2, 0) is 5.41 Å². The molecule has 701 valence electrons. The van der Waals surface area contributed by atoms with Crippen LogP contribution in [0.15, 0.2) is 522 Å². The molecule has 0 aliphatic heterocycles. The maximum Gasteiger partial charge on any atom is 0.0970 e. The van der Waals surface area contributed by atoms with E-state index in [-0.39, 0.29) is 52.6 Å². The van der Waals surface area contributed by atoms with Gasteiger partial charge in [0.25, 0.3) is 0 Å². The van der Waals surface area contributed by atoms with Gasteiger partial charge in [0.05, 0.1) is 47.4 Å². The monoisotopic (exact) mass is 2130 g/mol. The van der Waals surface area contributed by atoms with Crippen LogP contribution in [0.3, 0.4) is 0 Å². The van der Waals surface area contributed by atoms with E-state index in [2.05, 4.69) is 548 Å². The zero-order chi connectivity index (χ0) is 99.9. The predicted molar refractivity (Wildman–Crippen MR) is 639 cm³/mol. The molecule has 26 rings (SSSR count). The number of benzene rings is 21. The van der Waals surface area contributed by atoms with Crippen LogP contribution in [0.2, 0.25) is 0 Å². The summed E-state index contributed by atoms with van der Waals surface area (Å²) in [6.07, 6.45) is 3.38. The van der Waals surface area contributed by atoms with Crippen molar-refractivity contribution in [2.24, 2.45) is 0 Å². The molecule has 0 saturated heterocycles. The average Bonchev–Trinajstić information content (AvgIpc) is 1.57. The van der Waals surface area contributed by atoms with Crippen LogP contribution < -0.4 is 9.80 Å². The van der Waals surface area contributed by atoms with Gasteiger partial charge in [-0.15, -0.1) is 15.3 Å². The molecule has 25 aromatic rings. The van der Waals surface area contributed by atoms with Crippen molar-refractivity contribution in [1.29, 1.82) is 5.16 Å². The molecule has 0 fully saturated rings. The molecule has 1 unspecified atom stereocenters. The Hall–Kier alpha value is -16.1. The molecule has 15 heteroatoms. The number of aromatic nitrogens is 4. The summed E-state index contributed by atoms with van der Waals surface area (Å²) in [6.45, 7) is 2.33. The van der Waals surface area contributed by atoms with Crippen LogP contribution in [0, 0.1) is 5.16 Å². The van der Waals surface area contributed by atoms with Crippen molar-refractivity contribution < 1.29 is 4.39 Å². The van der Waals surface area contributed by atoms with E-state index >= 15 is 0 Å². The van der Waals surface area contributed by atoms with E-state index < -0.39 is 6.81 Å². The second-order valence-electron chi connectivity index (χ2n) is 37.3. The summed E-state index contributed by atoms with van der Waals surface area (Å²) in [5, 5.41) is 19.0. The van der Waals surface area contributed by atoms with Crippen molar-refractivity contribution in [2.45, 2.75) is 19.3 Å². The first-order chi connectivity index (χ1) is 72.2. The smallest absolute Gasteiger partial charge is 0.0970 e. The van der Waals surface area contributed by atoms with Gasteiger partial charge in [0.15, 0.2) is 0 Å². The minimum atomic E-state index is -2.37. The fourth-order valence-electron chi connectivity index (χ4n) is 20.9. The van der Waals surface area contributed by atoms with Gasteiger partial charge in [-0.1, -0.05) is 384 Å². The zero-order valence-electron chi connectivity index (χ0n) is 82.0. The van der Waals surface area contributed by atoms with Crippen molar-refractivity contribution >= 4 is 193 Å². The van der Waals surface area contributed by atoms with Crippen molar-refractivity contribution in [1.82, 2.24) is 19.1 Å². The van der Waals surface area contributed by atoms with Gasteiger partial charge in [-0.25, -0.2) is 4.39 Å². The summed E-state index contributed by atoms with van der Waals surface area (Å²) >= 11 is 0. The largest absolute Gasteiger partial charge is 0.311 e. The number of alkyl halides is 1. The normalized spacial score (nSPS) is 11.8. The Bertz CT molecular complexity index is 8890. The molecule has 21 aromatic carbocycles. The number of fused-ring (bicyclic) bond motifs is 14. The number of para-hydroxylation sites is 4. The molecule has 4 aromatic heterocycles. The summed E-state index contributed by atoms with van der Waals surface area (Å²) in [5.74, 6) is 0. The quantitative estimate of drug-likeness (QED) is 0.0560. The number of pyridine rings is 2. The Balaban J connectivity index is 0.000000131. The Morgan fingerprint density at radius 1 is 0.277 bits per heavy atom. The Morgan fingerprint density at radius 2 is 0.561 bits per heavy atom. The number of anilines is 6. The topological polar surface area (TPSA) is 66.0 Å². The molecule has 0 bridgehead atoms. The first-order valence-corrected chi connectivity index (χ1v) is 52.8. The third kappa shape index (κ3) is 19.9. The van der Waals surface area contributed by atoms with E-state index in [1.807, 2.05) is 24.5 Å². The maximum absolute atomic E-state index is 10.6. The molecule has 0 spiro atoms. The molecule has 1 aliphatic rings. The van der Waals surface area contributed by atoms with Gasteiger partial charge in [0, 0.05) is 95.6 Å². The SMILES string of the molecule is CC1(C)c2ccccc2-c2ccc(N(c3ccc(-c4ccccc4)cc3)c3ccc(-c4ccc5c(c4)c4ccccc4n5-c4ccccc4)cc3)cc21.[B]CP([B])([B])=N.[B]PCF.[BiH2].c1ccc(-c2ccnc3c2ccc2c(-c4ccccc4)ccnc23)cc1.c1ccc(-n2c3ccccc3c3cc(-c4ccc(N(c5ccc(-c6cccc7ccccc67)cc5)c5ccc(-c6cccc7ccccc67)cc5)cc4)ccc32)cc1. The van der Waals surface area contributed by atoms with Crippen LogP contribution in [0.5, 0.6) is 0 Å². The minimum absolute atomic E-state index is 0. The first-order valence-electron chi connectivity index (χ1n) is 49.4. The van der Waals surface area contributed by atoms with E-state index in [9.17, 15) is 4.39 Å². The third-order valence-corrected chi connectivity index (χ3v) is 28.7. The summed E-state index contributed by atoms with van der Waals surface area (Å²) in [5.41, 5.74) is 37.9. The molecule has 1 aliphatic carbocycles. The van der Waals surface area contributed by atoms with Crippen LogP contribution in [0.25, 0.3) is 187 Å². The summed E-state index contributed by atoms with van der Waals surface area (Å²) in [4.78, 5) is 14.1. The Labute approximate surface area is 889 Å². The number of nitrogens with zero attached hydrogens (tertiary/aromatic N) is 6. The van der Waals surface area contributed by atoms with Crippen LogP contribution >= 0.6 is 15.3 Å². The second kappa shape index (κ2) is 43.7. The molecule has 148 heavy (non-hydrogen) atoms. The van der Waals surface area contributed by atoms with Crippen LogP contribution in [-0.4, -0.2) is 88.3 Å². The molecule has 9 radical (unpaired) electrons. The van der Waals surface area contributed by atoms with E-state index in [4.69, 9.17) is 28.1 Å². The molecule has 1 N–H and O–H groups in total. The molecule has 7 nitrogen and oxygen atoms in total. The van der Waals surface area contributed by atoms with Crippen molar-refractivity contribution in [3.05, 3.63) is 533 Å². The van der Waals surface area contributed by atoms with Gasteiger partial charge in [-0.05, 0) is 267 Å². The second-order valence-corrected chi connectivity index (χ2v) is 40.2. The number of hydrogen-bond donors (Lipinski definition) is 1. The van der Waals surface area contributed by atoms with Gasteiger partial charge in [-0.2, -0.15) is 0 Å². The number of halogens is 1. The van der Waals surface area contributed by atoms with Crippen LogP contribution in [0.1, 0.15) is 25.0 Å². The Kier molecular flexibility index (Phi) is 28.9. The summed E-state index contributed by atoms with van der Waals surface area (Å²) < 4.78 is 15.3. The van der Waals surface area contributed by atoms with Gasteiger partial charge in [0.2, 0.25) is 0 Å². The van der Waals surface area contributed by atoms with Crippen molar-refractivity contribution in [3.63, 3.8) is 0 Å². The van der Waals surface area contributed by atoms with E-state index in [1.165, 1.54) is 177 Å². The predicted octanol–water partition coefficient (Wildman–Crippen LogP) is 35.4. The Morgan fingerprint density at radius 3 is 0.966 bits per heavy atom. The van der Waals surface area contributed by atoms with E-state index in [1.54, 1.807) is 0 Å². The molecule has 4 heterocycles. The van der Waals surface area contributed by atoms with Gasteiger partial charge >= 0.3 is 26.2 Å². The number of nitrogens with one attached hydrogen (secondary N) is 1. The average molecular weight is 2130 g/mol. The van der Waals surface area contributed by atoms with Crippen LogP contribution in [0.4, 0.5) is 38.5 Å². The fourth-order valence-corrected chi connectivity index (χ4v) is 20.9. The summed E-state index contributed by atoms with van der Waals surface area (Å²) in [7, 11) is 19.5. The van der Waals surface area contributed by atoms with Gasteiger partial charge in [0.1, 0.15) is 22.7 Å². The fraction of sp³-hybridized carbons (Fsp3) is 0.0376. The van der Waals surface area contributed by atoms with E-state index in [0.29, 0.717) is 0 Å². The molecular weight excluding hydrogens is 2030 g/mol. The van der Waals surface area contributed by atoms with Gasteiger partial charge < -0.3 is 24.1 Å². The third-order valence-electron chi connectivity index (χ3n) is 28.0. The first kappa shape index (κ1) is 97.9. The summed E-state index contributed by atoms with van der Waals surface area (Å²) in [6, 6.07) is 184. The zero-order valence-corrected chi connectivity index (χ0v) is 88.3. The van der Waals surface area contributed by atoms with Crippen molar-refractivity contribution in [2.75, 3.05) is 22.3 Å². The standard InChI is InChI=1S/C56H38N2.C51H38N2.C24H16N2.CH3B3NP.CH3BFP.Bi.2H/c1-2-16-45(17-3-1)58-55-23-9-8-20-53(55)54-38-44(30-37-56(54)58)39-24-31-46(32-25-39)57(47-33-26-42(27-34-47)51-21-10-14-40-12-4-6-18-49(40)51)48-35-28-43(29-36-48)52-22-11-15-41-13-5-7-19-50(41)52;1-51(2)47-19-11-9-17-43(47)44-31-30-42(34-48(44)51)52(40-26-21-36(22-27-40)35-13-5-3-6-14-35)41-28-23-37(24-29-41)38-25-32-50-46(33-38)45-18-10-12-20-49(45)53(50)39-15-7-4-8-16-39;1-3-7-17(8-4-1)19-13-15-25-23-21(19)11-12-22-20(14-16-26-24(22)23)18-9-5-2-6-10-18;2-1-6(3,4)5;2-4-1-3;;;/h1-38H;3-34H,1-2H3;1-16H;5H,1H2;4H,1H2;;;. The van der Waals surface area contributed by atoms with Crippen molar-refractivity contribution in [3.8, 4) is 100 Å². The number of hydrogen-bond acceptors (Lipinski definition) is 5. The maximum atomic E-state index is 10.6. The number of rotatable bonds is 17. The van der Waals surface area contributed by atoms with Gasteiger partial charge in [-0.3, -0.25) is 9.97 Å². The molecule has 0 saturated carbocycles. The minimum Gasteiger partial charge on any atom is -0.311 e. The molecule has 0 amide bonds. The van der Waals surface area contributed by atoms with E-state index in [0.717, 1.165) is 55.9 Å².